The normalized spacial score (nSPS) is 17.2. The molecular weight excluding hydrogens is 255 g/mol. The number of rotatable bonds is 2. The van der Waals surface area contributed by atoms with Gasteiger partial charge in [-0.1, -0.05) is 11.6 Å². The maximum absolute atomic E-state index is 13.6. The summed E-state index contributed by atoms with van der Waals surface area (Å²) in [5, 5.41) is 12.0. The highest BCUT2D eigenvalue weighted by atomic mass is 35.5. The molecule has 0 aliphatic heterocycles. The van der Waals surface area contributed by atoms with Gasteiger partial charge in [-0.3, -0.25) is 4.79 Å². The molecule has 0 atom stereocenters. The van der Waals surface area contributed by atoms with Gasteiger partial charge in [-0.25, -0.2) is 4.39 Å². The fourth-order valence-corrected chi connectivity index (χ4v) is 2.36. The summed E-state index contributed by atoms with van der Waals surface area (Å²) in [4.78, 5) is 12.0. The molecule has 94 valence electrons. The van der Waals surface area contributed by atoms with Gasteiger partial charge in [0.1, 0.15) is 11.4 Å². The van der Waals surface area contributed by atoms with Crippen molar-refractivity contribution >= 4 is 17.5 Å². The first-order valence-electron chi connectivity index (χ1n) is 5.75. The number of hydrogen-bond acceptors (Lipinski definition) is 2. The topological polar surface area (TPSA) is 52.9 Å². The largest absolute Gasteiger partial charge is 0.334 e. The SMILES string of the molecule is N#CC1(NC(=O)c2ccc(Cl)cc2F)CCCC1. The van der Waals surface area contributed by atoms with Crippen LogP contribution in [0, 0.1) is 17.1 Å². The van der Waals surface area contributed by atoms with Crippen LogP contribution in [0.3, 0.4) is 0 Å². The van der Waals surface area contributed by atoms with Gasteiger partial charge in [0.15, 0.2) is 0 Å². The smallest absolute Gasteiger partial charge is 0.255 e. The molecule has 1 aliphatic carbocycles. The standard InChI is InChI=1S/C13H12ClFN2O/c14-9-3-4-10(11(15)7-9)12(18)17-13(8-16)5-1-2-6-13/h3-4,7H,1-2,5-6H2,(H,17,18). The molecule has 0 bridgehead atoms. The van der Waals surface area contributed by atoms with E-state index in [1.165, 1.54) is 12.1 Å². The summed E-state index contributed by atoms with van der Waals surface area (Å²) in [7, 11) is 0. The second-order valence-corrected chi connectivity index (χ2v) is 4.92. The molecule has 0 heterocycles. The quantitative estimate of drug-likeness (QED) is 0.894. The molecule has 0 saturated heterocycles. The van der Waals surface area contributed by atoms with Crippen LogP contribution in [0.5, 0.6) is 0 Å². The van der Waals surface area contributed by atoms with Gasteiger partial charge in [0.2, 0.25) is 0 Å². The third-order valence-electron chi connectivity index (χ3n) is 3.20. The maximum atomic E-state index is 13.6. The number of hydrogen-bond donors (Lipinski definition) is 1. The van der Waals surface area contributed by atoms with Crippen molar-refractivity contribution in [3.8, 4) is 6.07 Å². The Labute approximate surface area is 110 Å². The van der Waals surface area contributed by atoms with Crippen LogP contribution >= 0.6 is 11.6 Å². The van der Waals surface area contributed by atoms with E-state index in [4.69, 9.17) is 16.9 Å². The molecule has 2 rings (SSSR count). The maximum Gasteiger partial charge on any atom is 0.255 e. The molecule has 1 amide bonds. The molecule has 0 unspecified atom stereocenters. The van der Waals surface area contributed by atoms with E-state index >= 15 is 0 Å². The molecule has 1 fully saturated rings. The highest BCUT2D eigenvalue weighted by molar-refractivity contribution is 6.30. The zero-order valence-electron chi connectivity index (χ0n) is 9.67. The van der Waals surface area contributed by atoms with E-state index in [-0.39, 0.29) is 10.6 Å². The number of carbonyl (C=O) groups is 1. The van der Waals surface area contributed by atoms with Gasteiger partial charge in [0.25, 0.3) is 5.91 Å². The Balaban J connectivity index is 2.19. The highest BCUT2D eigenvalue weighted by Crippen LogP contribution is 2.29. The monoisotopic (exact) mass is 266 g/mol. The zero-order chi connectivity index (χ0) is 13.2. The number of benzene rings is 1. The van der Waals surface area contributed by atoms with Crippen LogP contribution in [0.1, 0.15) is 36.0 Å². The second kappa shape index (κ2) is 4.95. The van der Waals surface area contributed by atoms with Gasteiger partial charge >= 0.3 is 0 Å². The number of nitrogens with zero attached hydrogens (tertiary/aromatic N) is 1. The molecule has 1 N–H and O–H groups in total. The molecule has 1 saturated carbocycles. The van der Waals surface area contributed by atoms with Crippen LogP contribution in [-0.2, 0) is 0 Å². The van der Waals surface area contributed by atoms with E-state index in [1.54, 1.807) is 0 Å². The Morgan fingerprint density at radius 3 is 2.67 bits per heavy atom. The van der Waals surface area contributed by atoms with E-state index in [0.29, 0.717) is 12.8 Å². The third-order valence-corrected chi connectivity index (χ3v) is 3.43. The van der Waals surface area contributed by atoms with E-state index in [9.17, 15) is 9.18 Å². The molecule has 18 heavy (non-hydrogen) atoms. The van der Waals surface area contributed by atoms with Crippen LogP contribution in [0.4, 0.5) is 4.39 Å². The van der Waals surface area contributed by atoms with Gasteiger partial charge in [-0.2, -0.15) is 5.26 Å². The van der Waals surface area contributed by atoms with Crippen molar-refractivity contribution in [2.24, 2.45) is 0 Å². The van der Waals surface area contributed by atoms with E-state index in [1.807, 2.05) is 0 Å². The van der Waals surface area contributed by atoms with Gasteiger partial charge in [-0.15, -0.1) is 0 Å². The van der Waals surface area contributed by atoms with Crippen LogP contribution in [-0.4, -0.2) is 11.4 Å². The van der Waals surface area contributed by atoms with Crippen LogP contribution in [0.2, 0.25) is 5.02 Å². The summed E-state index contributed by atoms with van der Waals surface area (Å²) in [5.74, 6) is -1.24. The van der Waals surface area contributed by atoms with Crippen molar-refractivity contribution in [3.63, 3.8) is 0 Å². The van der Waals surface area contributed by atoms with Gasteiger partial charge in [0, 0.05) is 5.02 Å². The fraction of sp³-hybridized carbons (Fsp3) is 0.385. The minimum absolute atomic E-state index is 0.0825. The lowest BCUT2D eigenvalue weighted by molar-refractivity contribution is 0.0916. The molecule has 5 heteroatoms. The first kappa shape index (κ1) is 12.8. The molecule has 0 radical (unpaired) electrons. The predicted molar refractivity (Wildman–Crippen MR) is 65.7 cm³/mol. The van der Waals surface area contributed by atoms with Crippen molar-refractivity contribution in [1.29, 1.82) is 5.26 Å². The van der Waals surface area contributed by atoms with E-state index < -0.39 is 17.3 Å². The Morgan fingerprint density at radius 1 is 1.44 bits per heavy atom. The van der Waals surface area contributed by atoms with E-state index in [0.717, 1.165) is 18.9 Å². The Hall–Kier alpha value is -1.60. The van der Waals surface area contributed by atoms with Gasteiger partial charge < -0.3 is 5.32 Å². The van der Waals surface area contributed by atoms with Crippen LogP contribution < -0.4 is 5.32 Å². The summed E-state index contributed by atoms with van der Waals surface area (Å²) in [6.45, 7) is 0. The Bertz CT molecular complexity index is 518. The number of nitrogens with one attached hydrogen (secondary N) is 1. The Morgan fingerprint density at radius 2 is 2.11 bits per heavy atom. The lowest BCUT2D eigenvalue weighted by atomic mass is 9.99. The zero-order valence-corrected chi connectivity index (χ0v) is 10.4. The van der Waals surface area contributed by atoms with E-state index in [2.05, 4.69) is 11.4 Å². The molecule has 0 spiro atoms. The number of halogens is 2. The van der Waals surface area contributed by atoms with Gasteiger partial charge in [0.05, 0.1) is 11.6 Å². The molecule has 0 aromatic heterocycles. The molecule has 1 aromatic rings. The minimum Gasteiger partial charge on any atom is -0.334 e. The van der Waals surface area contributed by atoms with Crippen LogP contribution in [0.25, 0.3) is 0 Å². The summed E-state index contributed by atoms with van der Waals surface area (Å²) in [6.07, 6.45) is 3.03. The van der Waals surface area contributed by atoms with Crippen LogP contribution in [0.15, 0.2) is 18.2 Å². The molecule has 3 nitrogen and oxygen atoms in total. The molecular formula is C13H12ClFN2O. The lowest BCUT2D eigenvalue weighted by Gasteiger charge is -2.22. The summed E-state index contributed by atoms with van der Waals surface area (Å²) in [5.41, 5.74) is -0.927. The summed E-state index contributed by atoms with van der Waals surface area (Å²) in [6, 6.07) is 5.99. The first-order valence-corrected chi connectivity index (χ1v) is 6.13. The molecule has 1 aromatic carbocycles. The number of carbonyl (C=O) groups excluding carboxylic acids is 1. The van der Waals surface area contributed by atoms with Gasteiger partial charge in [-0.05, 0) is 43.9 Å². The van der Waals surface area contributed by atoms with Crippen molar-refractivity contribution in [2.75, 3.05) is 0 Å². The van der Waals surface area contributed by atoms with Crippen molar-refractivity contribution in [1.82, 2.24) is 5.32 Å². The lowest BCUT2D eigenvalue weighted by Crippen LogP contribution is -2.45. The highest BCUT2D eigenvalue weighted by Gasteiger charge is 2.36. The fourth-order valence-electron chi connectivity index (χ4n) is 2.20. The summed E-state index contributed by atoms with van der Waals surface area (Å²) < 4.78 is 13.6. The average molecular weight is 267 g/mol. The average Bonchev–Trinajstić information content (AvgIpc) is 2.78. The minimum atomic E-state index is -0.844. The third kappa shape index (κ3) is 2.46. The molecule has 1 aliphatic rings. The number of amides is 1. The first-order chi connectivity index (χ1) is 8.56. The predicted octanol–water partition coefficient (Wildman–Crippen LogP) is 3.05. The number of nitriles is 1. The summed E-state index contributed by atoms with van der Waals surface area (Å²) >= 11 is 5.62. The van der Waals surface area contributed by atoms with Crippen molar-refractivity contribution in [2.45, 2.75) is 31.2 Å². The van der Waals surface area contributed by atoms with Crippen molar-refractivity contribution in [3.05, 3.63) is 34.6 Å². The second-order valence-electron chi connectivity index (χ2n) is 4.48. The van der Waals surface area contributed by atoms with Crippen molar-refractivity contribution < 1.29 is 9.18 Å². The Kier molecular flexibility index (Phi) is 3.53.